The van der Waals surface area contributed by atoms with Crippen molar-refractivity contribution < 1.29 is 19.0 Å². The predicted molar refractivity (Wildman–Crippen MR) is 105 cm³/mol. The van der Waals surface area contributed by atoms with Crippen molar-refractivity contribution in [2.75, 3.05) is 7.05 Å². The Kier molecular flexibility index (Phi) is 4.83. The SMILES string of the molecule is CNC(=O)c1c(O)c2ncc(Cc3ccc(F)cc3)c3c2n(c1=O)CC(CC#N)O3. The number of amides is 1. The number of aromatic nitrogens is 2. The maximum atomic E-state index is 13.2. The van der Waals surface area contributed by atoms with Crippen molar-refractivity contribution in [1.82, 2.24) is 14.9 Å². The molecule has 30 heavy (non-hydrogen) atoms. The molecule has 0 spiro atoms. The highest BCUT2D eigenvalue weighted by Gasteiger charge is 2.31. The van der Waals surface area contributed by atoms with Crippen LogP contribution in [-0.4, -0.2) is 33.7 Å². The fraction of sp³-hybridized carbons (Fsp3) is 0.238. The summed E-state index contributed by atoms with van der Waals surface area (Å²) in [6, 6.07) is 7.96. The van der Waals surface area contributed by atoms with Crippen LogP contribution in [0.1, 0.15) is 27.9 Å². The van der Waals surface area contributed by atoms with E-state index in [4.69, 9.17) is 10.00 Å². The number of carbonyl (C=O) groups is 1. The normalized spacial score (nSPS) is 14.8. The summed E-state index contributed by atoms with van der Waals surface area (Å²) in [4.78, 5) is 29.5. The summed E-state index contributed by atoms with van der Waals surface area (Å²) >= 11 is 0. The van der Waals surface area contributed by atoms with E-state index in [9.17, 15) is 19.1 Å². The van der Waals surface area contributed by atoms with Gasteiger partial charge >= 0.3 is 0 Å². The number of hydrogen-bond acceptors (Lipinski definition) is 6. The topological polar surface area (TPSA) is 117 Å². The zero-order valence-corrected chi connectivity index (χ0v) is 16.0. The summed E-state index contributed by atoms with van der Waals surface area (Å²) in [5, 5.41) is 22.1. The van der Waals surface area contributed by atoms with Gasteiger partial charge in [0.25, 0.3) is 11.5 Å². The van der Waals surface area contributed by atoms with Crippen LogP contribution in [0.4, 0.5) is 4.39 Å². The van der Waals surface area contributed by atoms with E-state index in [0.717, 1.165) is 5.56 Å². The van der Waals surface area contributed by atoms with Gasteiger partial charge in [-0.05, 0) is 17.7 Å². The highest BCUT2D eigenvalue weighted by atomic mass is 19.1. The number of nitrogens with zero attached hydrogens (tertiary/aromatic N) is 3. The Labute approximate surface area is 170 Å². The minimum atomic E-state index is -0.731. The van der Waals surface area contributed by atoms with E-state index < -0.39 is 28.9 Å². The largest absolute Gasteiger partial charge is 0.505 e. The monoisotopic (exact) mass is 408 g/mol. The van der Waals surface area contributed by atoms with Crippen LogP contribution in [0, 0.1) is 17.1 Å². The molecule has 2 N–H and O–H groups in total. The molecule has 8 nitrogen and oxygen atoms in total. The van der Waals surface area contributed by atoms with Crippen molar-refractivity contribution in [3.05, 3.63) is 63.3 Å². The lowest BCUT2D eigenvalue weighted by Gasteiger charge is -2.28. The quantitative estimate of drug-likeness (QED) is 0.681. The molecule has 0 saturated carbocycles. The van der Waals surface area contributed by atoms with Crippen molar-refractivity contribution in [1.29, 1.82) is 5.26 Å². The van der Waals surface area contributed by atoms with Gasteiger partial charge in [-0.15, -0.1) is 0 Å². The predicted octanol–water partition coefficient (Wildman–Crippen LogP) is 1.87. The summed E-state index contributed by atoms with van der Waals surface area (Å²) in [7, 11) is 1.36. The molecule has 9 heteroatoms. The van der Waals surface area contributed by atoms with Gasteiger partial charge in [0.15, 0.2) is 11.5 Å². The van der Waals surface area contributed by atoms with Gasteiger partial charge in [0, 0.05) is 25.2 Å². The molecule has 0 saturated heterocycles. The summed E-state index contributed by atoms with van der Waals surface area (Å²) in [5.41, 5.74) is 0.622. The second-order valence-electron chi connectivity index (χ2n) is 6.93. The summed E-state index contributed by atoms with van der Waals surface area (Å²) in [5.74, 6) is -1.30. The van der Waals surface area contributed by atoms with Crippen molar-refractivity contribution >= 4 is 16.9 Å². The van der Waals surface area contributed by atoms with Crippen molar-refractivity contribution in [2.45, 2.75) is 25.5 Å². The highest BCUT2D eigenvalue weighted by molar-refractivity contribution is 6.02. The Hall–Kier alpha value is -3.93. The van der Waals surface area contributed by atoms with E-state index >= 15 is 0 Å². The molecule has 152 valence electrons. The average Bonchev–Trinajstić information content (AvgIpc) is 2.74. The number of nitrogens with one attached hydrogen (secondary N) is 1. The Morgan fingerprint density at radius 2 is 2.17 bits per heavy atom. The summed E-state index contributed by atoms with van der Waals surface area (Å²) in [6.07, 6.45) is 1.24. The van der Waals surface area contributed by atoms with E-state index in [1.54, 1.807) is 12.1 Å². The van der Waals surface area contributed by atoms with Gasteiger partial charge < -0.3 is 15.2 Å². The van der Waals surface area contributed by atoms with Crippen molar-refractivity contribution in [2.24, 2.45) is 0 Å². The number of carbonyl (C=O) groups excluding carboxylic acids is 1. The first-order chi connectivity index (χ1) is 14.4. The number of aromatic hydroxyl groups is 1. The maximum absolute atomic E-state index is 13.2. The Bertz CT molecular complexity index is 1260. The number of pyridine rings is 2. The molecule has 1 aromatic carbocycles. The minimum Gasteiger partial charge on any atom is -0.505 e. The average molecular weight is 408 g/mol. The maximum Gasteiger partial charge on any atom is 0.268 e. The molecule has 4 rings (SSSR count). The zero-order valence-electron chi connectivity index (χ0n) is 16.0. The first-order valence-corrected chi connectivity index (χ1v) is 9.22. The molecule has 1 unspecified atom stereocenters. The molecule has 1 atom stereocenters. The standard InChI is InChI=1S/C21H17FN4O4/c1-24-20(28)15-18(27)16-17-19(30-14(6-7-23)10-26(17)21(15)29)12(9-25-16)8-11-2-4-13(22)5-3-11/h2-5,9,14,27H,6,8,10H2,1H3,(H,24,28). The van der Waals surface area contributed by atoms with E-state index in [1.165, 1.54) is 29.9 Å². The van der Waals surface area contributed by atoms with Crippen LogP contribution in [0.15, 0.2) is 35.3 Å². The third kappa shape index (κ3) is 3.12. The minimum absolute atomic E-state index is 0.0296. The summed E-state index contributed by atoms with van der Waals surface area (Å²) in [6.45, 7) is 0.0435. The number of ether oxygens (including phenoxy) is 1. The van der Waals surface area contributed by atoms with Crippen LogP contribution in [0.25, 0.3) is 11.0 Å². The number of nitriles is 1. The zero-order chi connectivity index (χ0) is 21.4. The fourth-order valence-corrected chi connectivity index (χ4v) is 3.60. The molecular formula is C21H17FN4O4. The molecule has 0 bridgehead atoms. The number of benzene rings is 1. The van der Waals surface area contributed by atoms with Crippen LogP contribution in [-0.2, 0) is 13.0 Å². The molecule has 0 fully saturated rings. The van der Waals surface area contributed by atoms with Crippen LogP contribution in [0.3, 0.4) is 0 Å². The molecular weight excluding hydrogens is 391 g/mol. The molecule has 3 aromatic rings. The van der Waals surface area contributed by atoms with Gasteiger partial charge in [-0.2, -0.15) is 5.26 Å². The van der Waals surface area contributed by atoms with Crippen LogP contribution in [0.2, 0.25) is 0 Å². The van der Waals surface area contributed by atoms with E-state index in [2.05, 4.69) is 10.3 Å². The van der Waals surface area contributed by atoms with Gasteiger partial charge in [0.2, 0.25) is 0 Å². The van der Waals surface area contributed by atoms with E-state index in [1.807, 2.05) is 6.07 Å². The van der Waals surface area contributed by atoms with Gasteiger partial charge in [-0.1, -0.05) is 12.1 Å². The molecule has 1 aliphatic rings. The second kappa shape index (κ2) is 7.48. The highest BCUT2D eigenvalue weighted by Crippen LogP contribution is 2.38. The van der Waals surface area contributed by atoms with Gasteiger partial charge in [0.05, 0.1) is 19.0 Å². The van der Waals surface area contributed by atoms with Crippen molar-refractivity contribution in [3.8, 4) is 17.6 Å². The molecule has 0 radical (unpaired) electrons. The molecule has 1 aliphatic heterocycles. The third-order valence-electron chi connectivity index (χ3n) is 5.02. The second-order valence-corrected chi connectivity index (χ2v) is 6.93. The Balaban J connectivity index is 1.96. The van der Waals surface area contributed by atoms with Crippen LogP contribution >= 0.6 is 0 Å². The Morgan fingerprint density at radius 1 is 1.43 bits per heavy atom. The molecule has 3 heterocycles. The lowest BCUT2D eigenvalue weighted by Crippen LogP contribution is -2.38. The fourth-order valence-electron chi connectivity index (χ4n) is 3.60. The van der Waals surface area contributed by atoms with Gasteiger partial charge in [-0.25, -0.2) is 4.39 Å². The summed E-state index contributed by atoms with van der Waals surface area (Å²) < 4.78 is 20.6. The third-order valence-corrected chi connectivity index (χ3v) is 5.02. The number of rotatable bonds is 4. The first kappa shape index (κ1) is 19.4. The molecule has 1 amide bonds. The Morgan fingerprint density at radius 3 is 2.83 bits per heavy atom. The smallest absolute Gasteiger partial charge is 0.268 e. The number of hydrogen-bond donors (Lipinski definition) is 2. The van der Waals surface area contributed by atoms with Crippen LogP contribution < -0.4 is 15.6 Å². The van der Waals surface area contributed by atoms with Gasteiger partial charge in [0.1, 0.15) is 28.5 Å². The van der Waals surface area contributed by atoms with Gasteiger partial charge in [-0.3, -0.25) is 19.1 Å². The molecule has 2 aromatic heterocycles. The first-order valence-electron chi connectivity index (χ1n) is 9.22. The lowest BCUT2D eigenvalue weighted by atomic mass is 10.0. The number of halogens is 1. The van der Waals surface area contributed by atoms with E-state index in [0.29, 0.717) is 17.7 Å². The van der Waals surface area contributed by atoms with Crippen LogP contribution in [0.5, 0.6) is 11.5 Å². The molecule has 0 aliphatic carbocycles. The van der Waals surface area contributed by atoms with Crippen molar-refractivity contribution in [3.63, 3.8) is 0 Å². The van der Waals surface area contributed by atoms with E-state index in [-0.39, 0.29) is 29.8 Å². The lowest BCUT2D eigenvalue weighted by molar-refractivity contribution is 0.0957.